The average Bonchev–Trinajstić information content (AvgIpc) is 2.37. The van der Waals surface area contributed by atoms with Gasteiger partial charge in [0.1, 0.15) is 5.75 Å². The molecule has 0 aliphatic heterocycles. The fourth-order valence-corrected chi connectivity index (χ4v) is 1.45. The molecule has 2 heteroatoms. The van der Waals surface area contributed by atoms with Gasteiger partial charge in [0.15, 0.2) is 0 Å². The van der Waals surface area contributed by atoms with Crippen LogP contribution in [0.25, 0.3) is 0 Å². The van der Waals surface area contributed by atoms with Crippen LogP contribution in [0.15, 0.2) is 30.9 Å². The quantitative estimate of drug-likeness (QED) is 0.547. The molecular formula is C15H18NO. The van der Waals surface area contributed by atoms with E-state index in [0.29, 0.717) is 12.2 Å². The lowest BCUT2D eigenvalue weighted by atomic mass is 9.99. The van der Waals surface area contributed by atoms with Gasteiger partial charge in [0.05, 0.1) is 18.2 Å². The zero-order chi connectivity index (χ0) is 12.7. The standard InChI is InChI=1S/C15H18NO/c1-4-6-7-17-15-9-13(11-16)8-14(10-15)12(3)5-2/h5,8-10,12H,2-4,6-7H2,1H3. The number of allylic oxidation sites excluding steroid dienone is 1. The molecule has 0 amide bonds. The smallest absolute Gasteiger partial charge is 0.120 e. The summed E-state index contributed by atoms with van der Waals surface area (Å²) in [6, 6.07) is 7.65. The molecule has 1 aromatic rings. The molecule has 0 saturated carbocycles. The second-order valence-electron chi connectivity index (χ2n) is 3.95. The first-order valence-electron chi connectivity index (χ1n) is 5.84. The van der Waals surface area contributed by atoms with Gasteiger partial charge in [0.25, 0.3) is 0 Å². The summed E-state index contributed by atoms with van der Waals surface area (Å²) in [5.41, 5.74) is 1.56. The van der Waals surface area contributed by atoms with Crippen LogP contribution in [0.1, 0.15) is 36.8 Å². The molecule has 0 spiro atoms. The minimum Gasteiger partial charge on any atom is -0.494 e. The molecule has 1 unspecified atom stereocenters. The molecule has 89 valence electrons. The van der Waals surface area contributed by atoms with Crippen molar-refractivity contribution in [3.8, 4) is 11.8 Å². The van der Waals surface area contributed by atoms with Crippen LogP contribution in [-0.2, 0) is 0 Å². The highest BCUT2D eigenvalue weighted by atomic mass is 16.5. The maximum absolute atomic E-state index is 8.96. The molecule has 0 fully saturated rings. The van der Waals surface area contributed by atoms with Gasteiger partial charge < -0.3 is 4.74 Å². The van der Waals surface area contributed by atoms with Crippen molar-refractivity contribution in [2.75, 3.05) is 6.61 Å². The van der Waals surface area contributed by atoms with Crippen molar-refractivity contribution in [2.24, 2.45) is 0 Å². The molecule has 17 heavy (non-hydrogen) atoms. The Balaban J connectivity index is 2.90. The Labute approximate surface area is 104 Å². The van der Waals surface area contributed by atoms with E-state index in [2.05, 4.69) is 26.5 Å². The summed E-state index contributed by atoms with van der Waals surface area (Å²) in [7, 11) is 0. The topological polar surface area (TPSA) is 33.0 Å². The highest BCUT2D eigenvalue weighted by Gasteiger charge is 2.06. The highest BCUT2D eigenvalue weighted by Crippen LogP contribution is 2.23. The Morgan fingerprint density at radius 3 is 2.82 bits per heavy atom. The second-order valence-corrected chi connectivity index (χ2v) is 3.95. The van der Waals surface area contributed by atoms with Crippen molar-refractivity contribution in [3.05, 3.63) is 48.9 Å². The Morgan fingerprint density at radius 2 is 2.24 bits per heavy atom. The van der Waals surface area contributed by atoms with Crippen molar-refractivity contribution in [3.63, 3.8) is 0 Å². The van der Waals surface area contributed by atoms with Gasteiger partial charge in [-0.3, -0.25) is 0 Å². The molecule has 1 rings (SSSR count). The number of hydrogen-bond acceptors (Lipinski definition) is 2. The summed E-state index contributed by atoms with van der Waals surface area (Å²) in [6.07, 6.45) is 3.86. The van der Waals surface area contributed by atoms with Crippen LogP contribution in [0.4, 0.5) is 0 Å². The summed E-state index contributed by atoms with van der Waals surface area (Å²) in [5.74, 6) is 0.722. The lowest BCUT2D eigenvalue weighted by molar-refractivity contribution is 0.309. The molecule has 0 heterocycles. The largest absolute Gasteiger partial charge is 0.494 e. The number of nitriles is 1. The number of unbranched alkanes of at least 4 members (excludes halogenated alkanes) is 1. The first-order valence-corrected chi connectivity index (χ1v) is 5.84. The Hall–Kier alpha value is -1.75. The van der Waals surface area contributed by atoms with Crippen LogP contribution in [0.5, 0.6) is 5.75 Å². The zero-order valence-corrected chi connectivity index (χ0v) is 10.3. The van der Waals surface area contributed by atoms with Gasteiger partial charge in [-0.25, -0.2) is 0 Å². The zero-order valence-electron chi connectivity index (χ0n) is 10.3. The van der Waals surface area contributed by atoms with Crippen molar-refractivity contribution < 1.29 is 4.74 Å². The van der Waals surface area contributed by atoms with Gasteiger partial charge in [-0.2, -0.15) is 5.26 Å². The van der Waals surface area contributed by atoms with Crippen LogP contribution in [-0.4, -0.2) is 6.61 Å². The van der Waals surface area contributed by atoms with Gasteiger partial charge in [0.2, 0.25) is 0 Å². The van der Waals surface area contributed by atoms with Crippen LogP contribution < -0.4 is 4.74 Å². The lowest BCUT2D eigenvalue weighted by Crippen LogP contribution is -1.99. The maximum Gasteiger partial charge on any atom is 0.120 e. The van der Waals surface area contributed by atoms with E-state index in [-0.39, 0.29) is 5.92 Å². The Kier molecular flexibility index (Phi) is 5.29. The van der Waals surface area contributed by atoms with Crippen LogP contribution in [0.3, 0.4) is 0 Å². The van der Waals surface area contributed by atoms with E-state index in [0.717, 1.165) is 24.2 Å². The van der Waals surface area contributed by atoms with Crippen molar-refractivity contribution in [2.45, 2.75) is 25.7 Å². The van der Waals surface area contributed by atoms with Gasteiger partial charge >= 0.3 is 0 Å². The molecule has 0 aliphatic rings. The maximum atomic E-state index is 8.96. The summed E-state index contributed by atoms with van der Waals surface area (Å²) in [5, 5.41) is 8.96. The molecule has 1 radical (unpaired) electrons. The molecule has 0 N–H and O–H groups in total. The van der Waals surface area contributed by atoms with E-state index < -0.39 is 0 Å². The van der Waals surface area contributed by atoms with Crippen molar-refractivity contribution >= 4 is 0 Å². The third-order valence-corrected chi connectivity index (χ3v) is 2.54. The van der Waals surface area contributed by atoms with E-state index in [4.69, 9.17) is 10.00 Å². The van der Waals surface area contributed by atoms with Gasteiger partial charge in [0, 0.05) is 5.92 Å². The Bertz CT molecular complexity index is 417. The second kappa shape index (κ2) is 6.75. The number of benzene rings is 1. The molecule has 0 bridgehead atoms. The highest BCUT2D eigenvalue weighted by molar-refractivity contribution is 5.43. The average molecular weight is 228 g/mol. The van der Waals surface area contributed by atoms with E-state index in [9.17, 15) is 0 Å². The summed E-state index contributed by atoms with van der Waals surface area (Å²) in [4.78, 5) is 0. The van der Waals surface area contributed by atoms with Crippen LogP contribution in [0, 0.1) is 18.3 Å². The van der Waals surface area contributed by atoms with Gasteiger partial charge in [-0.15, -0.1) is 6.58 Å². The third-order valence-electron chi connectivity index (χ3n) is 2.54. The first kappa shape index (κ1) is 13.3. The van der Waals surface area contributed by atoms with Crippen molar-refractivity contribution in [1.29, 1.82) is 5.26 Å². The third kappa shape index (κ3) is 3.96. The minimum atomic E-state index is -0.0168. The molecular weight excluding hydrogens is 210 g/mol. The lowest BCUT2D eigenvalue weighted by Gasteiger charge is -2.11. The van der Waals surface area contributed by atoms with Gasteiger partial charge in [-0.1, -0.05) is 19.4 Å². The summed E-state index contributed by atoms with van der Waals surface area (Å²) >= 11 is 0. The van der Waals surface area contributed by atoms with E-state index in [1.165, 1.54) is 0 Å². The van der Waals surface area contributed by atoms with Crippen molar-refractivity contribution in [1.82, 2.24) is 0 Å². The summed E-state index contributed by atoms with van der Waals surface area (Å²) in [6.45, 7) is 10.5. The predicted octanol–water partition coefficient (Wildman–Crippen LogP) is 3.84. The number of ether oxygens (including phenoxy) is 1. The van der Waals surface area contributed by atoms with Gasteiger partial charge in [-0.05, 0) is 37.1 Å². The molecule has 0 aromatic heterocycles. The number of hydrogen-bond donors (Lipinski definition) is 0. The Morgan fingerprint density at radius 1 is 1.47 bits per heavy atom. The van der Waals surface area contributed by atoms with Crippen LogP contribution in [0.2, 0.25) is 0 Å². The monoisotopic (exact) mass is 228 g/mol. The number of nitrogens with zero attached hydrogens (tertiary/aromatic N) is 1. The SMILES string of the molecule is [CH2]C(C=C)c1cc(C#N)cc(OCCCC)c1. The fraction of sp³-hybridized carbons (Fsp3) is 0.333. The molecule has 0 aliphatic carbocycles. The molecule has 1 aromatic carbocycles. The predicted molar refractivity (Wildman–Crippen MR) is 69.9 cm³/mol. The summed E-state index contributed by atoms with van der Waals surface area (Å²) < 4.78 is 5.61. The van der Waals surface area contributed by atoms with E-state index >= 15 is 0 Å². The normalized spacial score (nSPS) is 11.6. The molecule has 0 saturated heterocycles. The van der Waals surface area contributed by atoms with E-state index in [1.54, 1.807) is 12.1 Å². The molecule has 2 nitrogen and oxygen atoms in total. The number of rotatable bonds is 6. The minimum absolute atomic E-state index is 0.0168. The first-order chi connectivity index (χ1) is 8.21. The van der Waals surface area contributed by atoms with Crippen LogP contribution >= 0.6 is 0 Å². The molecule has 1 atom stereocenters. The fourth-order valence-electron chi connectivity index (χ4n) is 1.45. The van der Waals surface area contributed by atoms with E-state index in [1.807, 2.05) is 12.1 Å².